The highest BCUT2D eigenvalue weighted by Crippen LogP contribution is 2.38. The summed E-state index contributed by atoms with van der Waals surface area (Å²) in [5.74, 6) is 0.838. The molecule has 0 atom stereocenters. The first-order chi connectivity index (χ1) is 14.8. The summed E-state index contributed by atoms with van der Waals surface area (Å²) in [7, 11) is 1.70. The number of benzene rings is 4. The molecule has 0 saturated carbocycles. The van der Waals surface area contributed by atoms with Crippen LogP contribution in [-0.2, 0) is 17.8 Å². The molecule has 0 N–H and O–H groups in total. The third-order valence-corrected chi connectivity index (χ3v) is 6.13. The SMILES string of the molecule is COc1cccc(-c2nc3ccc4cc5ccccc5cc4c3c3c2COCC3)c1. The van der Waals surface area contributed by atoms with Gasteiger partial charge in [-0.05, 0) is 63.9 Å². The number of methoxy groups -OCH3 is 1. The van der Waals surface area contributed by atoms with Crippen LogP contribution in [0, 0.1) is 0 Å². The fourth-order valence-electron chi connectivity index (χ4n) is 4.68. The van der Waals surface area contributed by atoms with E-state index in [2.05, 4.69) is 60.7 Å². The van der Waals surface area contributed by atoms with Gasteiger partial charge in [0.1, 0.15) is 5.75 Å². The molecule has 0 spiro atoms. The van der Waals surface area contributed by atoms with Crippen LogP contribution in [0.3, 0.4) is 0 Å². The van der Waals surface area contributed by atoms with E-state index in [1.807, 2.05) is 12.1 Å². The minimum Gasteiger partial charge on any atom is -0.497 e. The van der Waals surface area contributed by atoms with E-state index >= 15 is 0 Å². The van der Waals surface area contributed by atoms with Gasteiger partial charge in [-0.2, -0.15) is 0 Å². The molecule has 6 rings (SSSR count). The van der Waals surface area contributed by atoms with Crippen LogP contribution in [0.4, 0.5) is 0 Å². The fourth-order valence-corrected chi connectivity index (χ4v) is 4.68. The quantitative estimate of drug-likeness (QED) is 0.262. The van der Waals surface area contributed by atoms with E-state index in [1.54, 1.807) is 7.11 Å². The van der Waals surface area contributed by atoms with Gasteiger partial charge in [0.05, 0.1) is 31.5 Å². The molecular formula is C27H21NO2. The molecule has 0 radical (unpaired) electrons. The highest BCUT2D eigenvalue weighted by molar-refractivity contribution is 6.13. The molecule has 0 saturated heterocycles. The van der Waals surface area contributed by atoms with Crippen LogP contribution in [-0.4, -0.2) is 18.7 Å². The first-order valence-corrected chi connectivity index (χ1v) is 10.3. The average molecular weight is 391 g/mol. The Morgan fingerprint density at radius 2 is 1.70 bits per heavy atom. The number of nitrogens with zero attached hydrogens (tertiary/aromatic N) is 1. The van der Waals surface area contributed by atoms with E-state index in [-0.39, 0.29) is 0 Å². The minimum atomic E-state index is 0.592. The second kappa shape index (κ2) is 6.82. The molecule has 0 unspecified atom stereocenters. The predicted molar refractivity (Wildman–Crippen MR) is 122 cm³/mol. The van der Waals surface area contributed by atoms with Crippen LogP contribution in [0.25, 0.3) is 43.7 Å². The number of pyridine rings is 1. The van der Waals surface area contributed by atoms with Gasteiger partial charge >= 0.3 is 0 Å². The number of hydrogen-bond donors (Lipinski definition) is 0. The standard InChI is InChI=1S/C27H21NO2/c1-29-21-8-4-7-20(14-21)27-24-16-30-12-11-22(24)26-23-15-18-6-3-2-5-17(18)13-19(23)9-10-25(26)28-27/h2-10,13-15H,11-12,16H2,1H3. The van der Waals surface area contributed by atoms with Gasteiger partial charge in [0.15, 0.2) is 0 Å². The molecule has 1 aromatic heterocycles. The molecule has 5 aromatic rings. The maximum Gasteiger partial charge on any atom is 0.119 e. The summed E-state index contributed by atoms with van der Waals surface area (Å²) >= 11 is 0. The third kappa shape index (κ3) is 2.66. The Hall–Kier alpha value is -3.43. The molecule has 146 valence electrons. The summed E-state index contributed by atoms with van der Waals surface area (Å²) in [6, 6.07) is 25.6. The highest BCUT2D eigenvalue weighted by atomic mass is 16.5. The topological polar surface area (TPSA) is 31.4 Å². The Kier molecular flexibility index (Phi) is 3.96. The third-order valence-electron chi connectivity index (χ3n) is 6.13. The van der Waals surface area contributed by atoms with Crippen LogP contribution in [0.1, 0.15) is 11.1 Å². The van der Waals surface area contributed by atoms with Crippen molar-refractivity contribution in [1.82, 2.24) is 4.98 Å². The van der Waals surface area contributed by atoms with Crippen molar-refractivity contribution in [2.24, 2.45) is 0 Å². The number of ether oxygens (including phenoxy) is 2. The van der Waals surface area contributed by atoms with Crippen molar-refractivity contribution in [3.05, 3.63) is 83.9 Å². The van der Waals surface area contributed by atoms with Gasteiger partial charge in [-0.15, -0.1) is 0 Å². The van der Waals surface area contributed by atoms with Gasteiger partial charge in [-0.3, -0.25) is 0 Å². The molecule has 3 nitrogen and oxygen atoms in total. The van der Waals surface area contributed by atoms with Crippen molar-refractivity contribution in [3.63, 3.8) is 0 Å². The molecule has 1 aliphatic heterocycles. The highest BCUT2D eigenvalue weighted by Gasteiger charge is 2.21. The smallest absolute Gasteiger partial charge is 0.119 e. The number of fused-ring (bicyclic) bond motifs is 6. The zero-order chi connectivity index (χ0) is 20.1. The normalized spacial score (nSPS) is 13.6. The fraction of sp³-hybridized carbons (Fsp3) is 0.148. The lowest BCUT2D eigenvalue weighted by atomic mass is 9.90. The summed E-state index contributed by atoms with van der Waals surface area (Å²) in [4.78, 5) is 5.13. The molecular weight excluding hydrogens is 370 g/mol. The monoisotopic (exact) mass is 391 g/mol. The van der Waals surface area contributed by atoms with Gasteiger partial charge in [-0.1, -0.05) is 42.5 Å². The molecule has 30 heavy (non-hydrogen) atoms. The Morgan fingerprint density at radius 3 is 2.57 bits per heavy atom. The molecule has 0 aliphatic carbocycles. The van der Waals surface area contributed by atoms with Crippen LogP contribution in [0.2, 0.25) is 0 Å². The van der Waals surface area contributed by atoms with Gasteiger partial charge in [0.25, 0.3) is 0 Å². The van der Waals surface area contributed by atoms with Crippen LogP contribution >= 0.6 is 0 Å². The Balaban J connectivity index is 1.71. The van der Waals surface area contributed by atoms with Crippen molar-refractivity contribution >= 4 is 32.4 Å². The average Bonchev–Trinajstić information content (AvgIpc) is 2.82. The van der Waals surface area contributed by atoms with Gasteiger partial charge in [0.2, 0.25) is 0 Å². The molecule has 0 fully saturated rings. The van der Waals surface area contributed by atoms with Crippen LogP contribution < -0.4 is 4.74 Å². The van der Waals surface area contributed by atoms with E-state index in [1.165, 1.54) is 38.1 Å². The van der Waals surface area contributed by atoms with E-state index < -0.39 is 0 Å². The summed E-state index contributed by atoms with van der Waals surface area (Å²) in [5.41, 5.74) is 5.66. The van der Waals surface area contributed by atoms with Crippen LogP contribution in [0.5, 0.6) is 5.75 Å². The lowest BCUT2D eigenvalue weighted by molar-refractivity contribution is 0.111. The zero-order valence-corrected chi connectivity index (χ0v) is 16.8. The molecule has 4 aromatic carbocycles. The van der Waals surface area contributed by atoms with Crippen molar-refractivity contribution in [2.45, 2.75) is 13.0 Å². The first kappa shape index (κ1) is 17.4. The van der Waals surface area contributed by atoms with Crippen molar-refractivity contribution in [2.75, 3.05) is 13.7 Å². The number of rotatable bonds is 2. The summed E-state index contributed by atoms with van der Waals surface area (Å²) in [5, 5.41) is 6.32. The Morgan fingerprint density at radius 1 is 0.833 bits per heavy atom. The summed E-state index contributed by atoms with van der Waals surface area (Å²) < 4.78 is 11.3. The zero-order valence-electron chi connectivity index (χ0n) is 16.8. The second-order valence-corrected chi connectivity index (χ2v) is 7.83. The minimum absolute atomic E-state index is 0.592. The number of aromatic nitrogens is 1. The number of hydrogen-bond acceptors (Lipinski definition) is 3. The van der Waals surface area contributed by atoms with Gasteiger partial charge in [-0.25, -0.2) is 4.98 Å². The maximum atomic E-state index is 5.87. The summed E-state index contributed by atoms with van der Waals surface area (Å²) in [6.45, 7) is 1.34. The van der Waals surface area contributed by atoms with E-state index in [0.29, 0.717) is 6.61 Å². The van der Waals surface area contributed by atoms with Crippen LogP contribution in [0.15, 0.2) is 72.8 Å². The Labute approximate surface area is 174 Å². The predicted octanol–water partition coefficient (Wildman–Crippen LogP) is 6.29. The summed E-state index contributed by atoms with van der Waals surface area (Å²) in [6.07, 6.45) is 0.900. The molecule has 0 amide bonds. The van der Waals surface area contributed by atoms with Gasteiger partial charge in [0, 0.05) is 16.5 Å². The van der Waals surface area contributed by atoms with E-state index in [9.17, 15) is 0 Å². The lowest BCUT2D eigenvalue weighted by Gasteiger charge is -2.23. The molecule has 0 bridgehead atoms. The maximum absolute atomic E-state index is 5.87. The molecule has 1 aliphatic rings. The van der Waals surface area contributed by atoms with Crippen molar-refractivity contribution in [3.8, 4) is 17.0 Å². The van der Waals surface area contributed by atoms with E-state index in [4.69, 9.17) is 14.5 Å². The lowest BCUT2D eigenvalue weighted by Crippen LogP contribution is -2.13. The largest absolute Gasteiger partial charge is 0.497 e. The van der Waals surface area contributed by atoms with Crippen molar-refractivity contribution < 1.29 is 9.47 Å². The first-order valence-electron chi connectivity index (χ1n) is 10.3. The van der Waals surface area contributed by atoms with E-state index in [0.717, 1.165) is 35.6 Å². The Bertz CT molecular complexity index is 1440. The molecule has 3 heteroatoms. The van der Waals surface area contributed by atoms with Gasteiger partial charge < -0.3 is 9.47 Å². The second-order valence-electron chi connectivity index (χ2n) is 7.83. The molecule has 2 heterocycles. The van der Waals surface area contributed by atoms with Crippen molar-refractivity contribution in [1.29, 1.82) is 0 Å².